The Morgan fingerprint density at radius 1 is 1.11 bits per heavy atom. The third-order valence-corrected chi connectivity index (χ3v) is 5.83. The fraction of sp³-hybridized carbons (Fsp3) is 0.240. The summed E-state index contributed by atoms with van der Waals surface area (Å²) in [6.45, 7) is 1.80. The lowest BCUT2D eigenvalue weighted by atomic mass is 10.1. The summed E-state index contributed by atoms with van der Waals surface area (Å²) in [6.07, 6.45) is -4.62. The molecular formula is C25H23F3N4O3. The molecule has 4 rings (SSSR count). The van der Waals surface area contributed by atoms with Crippen molar-refractivity contribution in [3.63, 3.8) is 0 Å². The van der Waals surface area contributed by atoms with Crippen molar-refractivity contribution in [1.29, 1.82) is 0 Å². The number of halogens is 3. The maximum Gasteiger partial charge on any atom is 0.433 e. The van der Waals surface area contributed by atoms with Gasteiger partial charge in [-0.1, -0.05) is 30.3 Å². The summed E-state index contributed by atoms with van der Waals surface area (Å²) in [5.74, 6) is -0.0231. The second kappa shape index (κ2) is 9.38. The first kappa shape index (κ1) is 24.2. The average molecular weight is 484 g/mol. The zero-order valence-electron chi connectivity index (χ0n) is 19.3. The van der Waals surface area contributed by atoms with Gasteiger partial charge < -0.3 is 19.8 Å². The molecule has 0 saturated carbocycles. The minimum Gasteiger partial charge on any atom is -0.494 e. The normalized spacial score (nSPS) is 12.5. The lowest BCUT2D eigenvalue weighted by Gasteiger charge is -2.24. The van der Waals surface area contributed by atoms with E-state index in [9.17, 15) is 18.0 Å². The van der Waals surface area contributed by atoms with E-state index in [1.54, 1.807) is 13.1 Å². The fourth-order valence-electron chi connectivity index (χ4n) is 3.77. The molecule has 0 aliphatic carbocycles. The van der Waals surface area contributed by atoms with Crippen LogP contribution < -0.4 is 10.5 Å². The number of benzene rings is 2. The number of hydrogen-bond acceptors (Lipinski definition) is 6. The average Bonchev–Trinajstić information content (AvgIpc) is 3.30. The van der Waals surface area contributed by atoms with E-state index in [1.807, 2.05) is 37.3 Å². The smallest absolute Gasteiger partial charge is 0.433 e. The van der Waals surface area contributed by atoms with Crippen molar-refractivity contribution in [2.24, 2.45) is 5.73 Å². The maximum atomic E-state index is 13.3. The van der Waals surface area contributed by atoms with Crippen LogP contribution in [0.2, 0.25) is 0 Å². The Labute approximate surface area is 199 Å². The van der Waals surface area contributed by atoms with Gasteiger partial charge >= 0.3 is 6.18 Å². The van der Waals surface area contributed by atoms with Gasteiger partial charge in [-0.05, 0) is 36.8 Å². The number of pyridine rings is 1. The molecule has 1 amide bonds. The van der Waals surface area contributed by atoms with Crippen molar-refractivity contribution < 1.29 is 27.1 Å². The number of amides is 1. The molecule has 2 aromatic carbocycles. The third-order valence-electron chi connectivity index (χ3n) is 5.83. The zero-order chi connectivity index (χ0) is 25.3. The molecule has 0 aliphatic rings. The number of aromatic nitrogens is 2. The largest absolute Gasteiger partial charge is 0.494 e. The molecular weight excluding hydrogens is 461 g/mol. The van der Waals surface area contributed by atoms with Crippen molar-refractivity contribution in [3.05, 3.63) is 77.3 Å². The summed E-state index contributed by atoms with van der Waals surface area (Å²) in [7, 11) is 2.99. The third kappa shape index (κ3) is 4.57. The van der Waals surface area contributed by atoms with Gasteiger partial charge in [0.15, 0.2) is 11.5 Å². The molecule has 2 heterocycles. The van der Waals surface area contributed by atoms with Gasteiger partial charge in [0.2, 0.25) is 5.89 Å². The predicted molar refractivity (Wildman–Crippen MR) is 124 cm³/mol. The van der Waals surface area contributed by atoms with Crippen LogP contribution in [0.4, 0.5) is 13.2 Å². The van der Waals surface area contributed by atoms with Crippen molar-refractivity contribution in [3.8, 4) is 17.2 Å². The number of rotatable bonds is 6. The Bertz CT molecular complexity index is 1370. The van der Waals surface area contributed by atoms with E-state index in [2.05, 4.69) is 9.97 Å². The number of carbonyl (C=O) groups excluding carboxylic acids is 1. The number of fused-ring (bicyclic) bond motifs is 1. The number of nitrogens with zero attached hydrogens (tertiary/aromatic N) is 3. The topological polar surface area (TPSA) is 94.5 Å². The fourth-order valence-corrected chi connectivity index (χ4v) is 3.77. The highest BCUT2D eigenvalue weighted by atomic mass is 19.4. The molecule has 0 aliphatic heterocycles. The maximum absolute atomic E-state index is 13.3. The summed E-state index contributed by atoms with van der Waals surface area (Å²) in [6, 6.07) is 14.5. The van der Waals surface area contributed by atoms with Gasteiger partial charge in [-0.15, -0.1) is 0 Å². The first-order valence-corrected chi connectivity index (χ1v) is 10.7. The molecule has 0 spiro atoms. The molecule has 182 valence electrons. The Morgan fingerprint density at radius 2 is 1.83 bits per heavy atom. The molecule has 2 aromatic heterocycles. The summed E-state index contributed by atoms with van der Waals surface area (Å²) in [4.78, 5) is 23.0. The van der Waals surface area contributed by atoms with E-state index in [-0.39, 0.29) is 41.2 Å². The van der Waals surface area contributed by atoms with E-state index in [4.69, 9.17) is 14.9 Å². The quantitative estimate of drug-likeness (QED) is 0.404. The predicted octanol–water partition coefficient (Wildman–Crippen LogP) is 5.21. The van der Waals surface area contributed by atoms with E-state index in [0.717, 1.165) is 11.6 Å². The van der Waals surface area contributed by atoms with Gasteiger partial charge in [0.05, 0.1) is 19.7 Å². The number of alkyl halides is 3. The molecule has 4 aromatic rings. The van der Waals surface area contributed by atoms with Gasteiger partial charge in [-0.2, -0.15) is 13.2 Å². The van der Waals surface area contributed by atoms with E-state index in [0.29, 0.717) is 10.9 Å². The van der Waals surface area contributed by atoms with Crippen LogP contribution in [0.1, 0.15) is 40.5 Å². The van der Waals surface area contributed by atoms with Crippen LogP contribution in [0.15, 0.2) is 59.0 Å². The Kier molecular flexibility index (Phi) is 6.49. The molecule has 2 N–H and O–H groups in total. The Balaban J connectivity index is 1.77. The number of hydrogen-bond donors (Lipinski definition) is 1. The lowest BCUT2D eigenvalue weighted by molar-refractivity contribution is -0.140. The molecule has 7 nitrogen and oxygen atoms in total. The van der Waals surface area contributed by atoms with E-state index in [1.165, 1.54) is 24.1 Å². The van der Waals surface area contributed by atoms with Gasteiger partial charge in [0, 0.05) is 18.0 Å². The molecule has 10 heteroatoms. The van der Waals surface area contributed by atoms with Crippen molar-refractivity contribution in [2.45, 2.75) is 25.7 Å². The van der Waals surface area contributed by atoms with Crippen LogP contribution in [0.25, 0.3) is 22.4 Å². The number of methoxy groups -OCH3 is 1. The first-order chi connectivity index (χ1) is 16.7. The monoisotopic (exact) mass is 484 g/mol. The minimum atomic E-state index is -4.62. The second-order valence-corrected chi connectivity index (χ2v) is 7.90. The first-order valence-electron chi connectivity index (χ1n) is 10.7. The Hall–Kier alpha value is -3.92. The molecule has 0 radical (unpaired) electrons. The number of carbonyl (C=O) groups is 1. The summed E-state index contributed by atoms with van der Waals surface area (Å²) < 4.78 is 50.7. The highest BCUT2D eigenvalue weighted by molar-refractivity contribution is 5.98. The van der Waals surface area contributed by atoms with Crippen molar-refractivity contribution in [2.75, 3.05) is 14.2 Å². The number of nitrogens with two attached hydrogens (primary N) is 1. The zero-order valence-corrected chi connectivity index (χ0v) is 19.3. The Morgan fingerprint density at radius 3 is 2.46 bits per heavy atom. The molecule has 0 unspecified atom stereocenters. The van der Waals surface area contributed by atoms with Gasteiger partial charge in [-0.25, -0.2) is 9.97 Å². The van der Waals surface area contributed by atoms with Crippen LogP contribution in [0.3, 0.4) is 0 Å². The summed E-state index contributed by atoms with van der Waals surface area (Å²) >= 11 is 0. The highest BCUT2D eigenvalue weighted by Gasteiger charge is 2.33. The molecule has 0 saturated heterocycles. The SMILES string of the molecule is COc1ccc(-c2nc(C(=O)N(C)[C@@H](C)c3ccccc3)c(CN)o2)c2ccc(C(F)(F)F)nc12. The van der Waals surface area contributed by atoms with Crippen LogP contribution in [-0.4, -0.2) is 34.9 Å². The second-order valence-electron chi connectivity index (χ2n) is 7.90. The number of oxazole rings is 1. The molecule has 35 heavy (non-hydrogen) atoms. The van der Waals surface area contributed by atoms with Gasteiger partial charge in [-0.3, -0.25) is 4.79 Å². The number of ether oxygens (including phenoxy) is 1. The minimum absolute atomic E-state index is 0.00461. The standard InChI is InChI=1S/C25H23F3N4O3/c1-14(15-7-5-4-6-8-15)32(2)24(33)22-19(13-29)35-23(31-22)17-9-11-18(34-3)21-16(17)10-12-20(30-21)25(26,27)28/h4-12,14H,13,29H2,1-3H3/t14-/m0/s1. The summed E-state index contributed by atoms with van der Waals surface area (Å²) in [5, 5.41) is 0.326. The van der Waals surface area contributed by atoms with E-state index >= 15 is 0 Å². The van der Waals surface area contributed by atoms with E-state index < -0.39 is 17.8 Å². The van der Waals surface area contributed by atoms with Gasteiger partial charge in [0.1, 0.15) is 17.0 Å². The van der Waals surface area contributed by atoms with Crippen LogP contribution in [-0.2, 0) is 12.7 Å². The van der Waals surface area contributed by atoms with Crippen molar-refractivity contribution >= 4 is 16.8 Å². The van der Waals surface area contributed by atoms with Crippen LogP contribution >= 0.6 is 0 Å². The van der Waals surface area contributed by atoms with Gasteiger partial charge in [0.25, 0.3) is 5.91 Å². The lowest BCUT2D eigenvalue weighted by Crippen LogP contribution is -2.30. The summed E-state index contributed by atoms with van der Waals surface area (Å²) in [5.41, 5.74) is 6.11. The van der Waals surface area contributed by atoms with Crippen LogP contribution in [0, 0.1) is 0 Å². The van der Waals surface area contributed by atoms with Crippen LogP contribution in [0.5, 0.6) is 5.75 Å². The molecule has 1 atom stereocenters. The van der Waals surface area contributed by atoms with Crippen molar-refractivity contribution in [1.82, 2.24) is 14.9 Å². The highest BCUT2D eigenvalue weighted by Crippen LogP contribution is 2.37. The molecule has 0 bridgehead atoms. The molecule has 0 fully saturated rings.